The van der Waals surface area contributed by atoms with Crippen molar-refractivity contribution in [2.45, 2.75) is 28.8 Å². The third kappa shape index (κ3) is 5.53. The zero-order chi connectivity index (χ0) is 33.1. The van der Waals surface area contributed by atoms with Crippen LogP contribution in [-0.2, 0) is 32.8 Å². The monoisotopic (exact) mass is 738 g/mol. The fourth-order valence-electron chi connectivity index (χ4n) is 6.36. The van der Waals surface area contributed by atoms with Crippen LogP contribution >= 0.6 is 27.5 Å². The van der Waals surface area contributed by atoms with E-state index in [1.807, 2.05) is 48.6 Å². The Morgan fingerprint density at radius 2 is 1.72 bits per heavy atom. The van der Waals surface area contributed by atoms with Crippen molar-refractivity contribution in [1.82, 2.24) is 9.78 Å². The topological polar surface area (TPSA) is 93.1 Å². The minimum atomic E-state index is -4.56. The fourth-order valence-corrected chi connectivity index (χ4v) is 7.98. The lowest BCUT2D eigenvalue weighted by molar-refractivity contribution is -0.137. The molecule has 2 unspecified atom stereocenters. The second-order valence-corrected chi connectivity index (χ2v) is 14.3. The molecule has 2 atom stereocenters. The number of alkyl halides is 3. The molecule has 238 valence electrons. The van der Waals surface area contributed by atoms with Gasteiger partial charge in [-0.15, -0.1) is 0 Å². The lowest BCUT2D eigenvalue weighted by Gasteiger charge is -2.35. The summed E-state index contributed by atoms with van der Waals surface area (Å²) in [5.41, 5.74) is 2.41. The second kappa shape index (κ2) is 11.4. The molecule has 1 amide bonds. The molecular formula is C34H23BrClF3N4O3S. The SMILES string of the molecule is O=C1Nc2ccc(S(=O)(=O)Nc3ccc(C(F)(F)F)cc3)cc2C1C1(Cc2c(Br)cnn2-c2ccc(Cl)cc2)C=Cc2ccccc21. The van der Waals surface area contributed by atoms with Crippen molar-refractivity contribution in [3.63, 3.8) is 0 Å². The Kier molecular flexibility index (Phi) is 7.57. The Bertz CT molecular complexity index is 2190. The molecule has 1 aliphatic carbocycles. The number of benzene rings is 4. The molecule has 0 saturated heterocycles. The minimum Gasteiger partial charge on any atom is -0.325 e. The highest BCUT2D eigenvalue weighted by Gasteiger charge is 2.51. The molecule has 1 aromatic heterocycles. The van der Waals surface area contributed by atoms with Gasteiger partial charge in [0.25, 0.3) is 10.0 Å². The molecule has 2 heterocycles. The standard InChI is InChI=1S/C34H23BrClF3N4O3S/c35-28-19-40-43(24-11-7-22(36)8-12-24)30(28)18-33(16-15-20-3-1-2-4-27(20)33)31-26-17-25(13-14-29(26)41-32(31)44)47(45,46)42-23-9-5-21(6-10-23)34(37,38)39/h1-17,19,31,42H,18H2,(H,41,44). The smallest absolute Gasteiger partial charge is 0.325 e. The third-order valence-electron chi connectivity index (χ3n) is 8.52. The van der Waals surface area contributed by atoms with Crippen molar-refractivity contribution in [3.05, 3.63) is 141 Å². The lowest BCUT2D eigenvalue weighted by Crippen LogP contribution is -2.37. The van der Waals surface area contributed by atoms with Crippen molar-refractivity contribution in [3.8, 4) is 5.69 Å². The summed E-state index contributed by atoms with van der Waals surface area (Å²) in [4.78, 5) is 13.8. The number of amides is 1. The van der Waals surface area contributed by atoms with E-state index >= 15 is 0 Å². The number of nitrogens with zero attached hydrogens (tertiary/aromatic N) is 2. The Labute approximate surface area is 281 Å². The van der Waals surface area contributed by atoms with E-state index in [9.17, 15) is 26.4 Å². The molecule has 0 bridgehead atoms. The summed E-state index contributed by atoms with van der Waals surface area (Å²) in [6.45, 7) is 0. The summed E-state index contributed by atoms with van der Waals surface area (Å²) in [6, 6.07) is 23.0. The number of aromatic nitrogens is 2. The zero-order valence-corrected chi connectivity index (χ0v) is 27.3. The van der Waals surface area contributed by atoms with Crippen molar-refractivity contribution < 1.29 is 26.4 Å². The highest BCUT2D eigenvalue weighted by Crippen LogP contribution is 2.53. The van der Waals surface area contributed by atoms with Gasteiger partial charge < -0.3 is 5.32 Å². The van der Waals surface area contributed by atoms with E-state index in [1.165, 1.54) is 18.2 Å². The van der Waals surface area contributed by atoms with Crippen LogP contribution in [0, 0.1) is 0 Å². The first-order chi connectivity index (χ1) is 22.4. The third-order valence-corrected chi connectivity index (χ3v) is 10.8. The van der Waals surface area contributed by atoms with Gasteiger partial charge in [0.1, 0.15) is 0 Å². The van der Waals surface area contributed by atoms with E-state index in [-0.39, 0.29) is 16.5 Å². The number of carbonyl (C=O) groups excluding carboxylic acids is 1. The second-order valence-electron chi connectivity index (χ2n) is 11.3. The Morgan fingerprint density at radius 1 is 1.00 bits per heavy atom. The van der Waals surface area contributed by atoms with Gasteiger partial charge in [0.05, 0.1) is 38.4 Å². The van der Waals surface area contributed by atoms with Crippen LogP contribution in [0.1, 0.15) is 33.9 Å². The van der Waals surface area contributed by atoms with Gasteiger partial charge in [0, 0.05) is 28.2 Å². The van der Waals surface area contributed by atoms with E-state index in [4.69, 9.17) is 11.6 Å². The van der Waals surface area contributed by atoms with Gasteiger partial charge in [-0.1, -0.05) is 48.0 Å². The predicted molar refractivity (Wildman–Crippen MR) is 177 cm³/mol. The number of hydrogen-bond acceptors (Lipinski definition) is 4. The first-order valence-corrected chi connectivity index (χ1v) is 16.9. The minimum absolute atomic E-state index is 0.0336. The van der Waals surface area contributed by atoms with Gasteiger partial charge in [-0.2, -0.15) is 18.3 Å². The maximum absolute atomic E-state index is 14.0. The van der Waals surface area contributed by atoms with Gasteiger partial charge >= 0.3 is 6.18 Å². The number of carbonyl (C=O) groups is 1. The van der Waals surface area contributed by atoms with Crippen LogP contribution in [0.2, 0.25) is 5.02 Å². The predicted octanol–water partition coefficient (Wildman–Crippen LogP) is 8.35. The summed E-state index contributed by atoms with van der Waals surface area (Å²) >= 11 is 9.80. The van der Waals surface area contributed by atoms with Gasteiger partial charge in [-0.25, -0.2) is 13.1 Å². The molecule has 0 spiro atoms. The quantitative estimate of drug-likeness (QED) is 0.176. The molecule has 2 N–H and O–H groups in total. The van der Waals surface area contributed by atoms with E-state index in [0.717, 1.165) is 51.2 Å². The van der Waals surface area contributed by atoms with Crippen molar-refractivity contribution in [1.29, 1.82) is 0 Å². The lowest BCUT2D eigenvalue weighted by atomic mass is 9.66. The van der Waals surface area contributed by atoms with E-state index < -0.39 is 33.1 Å². The summed E-state index contributed by atoms with van der Waals surface area (Å²) in [5, 5.41) is 8.10. The highest BCUT2D eigenvalue weighted by molar-refractivity contribution is 9.10. The molecule has 47 heavy (non-hydrogen) atoms. The summed E-state index contributed by atoms with van der Waals surface area (Å²) < 4.78 is 71.0. The Hall–Kier alpha value is -4.39. The average Bonchev–Trinajstić information content (AvgIpc) is 3.69. The Morgan fingerprint density at radius 3 is 2.45 bits per heavy atom. The van der Waals surface area contributed by atoms with Crippen molar-refractivity contribution >= 4 is 60.9 Å². The molecule has 0 saturated carbocycles. The van der Waals surface area contributed by atoms with Gasteiger partial charge in [0.2, 0.25) is 5.91 Å². The summed E-state index contributed by atoms with van der Waals surface area (Å²) in [7, 11) is -4.25. The first kappa shape index (κ1) is 31.2. The molecule has 7 nitrogen and oxygen atoms in total. The number of sulfonamides is 1. The summed E-state index contributed by atoms with van der Waals surface area (Å²) in [6.07, 6.45) is 1.39. The van der Waals surface area contributed by atoms with Crippen LogP contribution in [0.4, 0.5) is 24.5 Å². The van der Waals surface area contributed by atoms with Crippen LogP contribution in [0.25, 0.3) is 11.8 Å². The van der Waals surface area contributed by atoms with E-state index in [0.29, 0.717) is 22.7 Å². The van der Waals surface area contributed by atoms with E-state index in [2.05, 4.69) is 31.1 Å². The number of rotatable bonds is 7. The van der Waals surface area contributed by atoms with Crippen LogP contribution < -0.4 is 10.0 Å². The van der Waals surface area contributed by atoms with Gasteiger partial charge in [0.15, 0.2) is 0 Å². The van der Waals surface area contributed by atoms with Gasteiger partial charge in [-0.3, -0.25) is 9.52 Å². The normalized spacial score (nSPS) is 18.6. The van der Waals surface area contributed by atoms with Crippen LogP contribution in [0.5, 0.6) is 0 Å². The van der Waals surface area contributed by atoms with Crippen molar-refractivity contribution in [2.24, 2.45) is 0 Å². The molecule has 1 aliphatic heterocycles. The number of fused-ring (bicyclic) bond motifs is 2. The summed E-state index contributed by atoms with van der Waals surface area (Å²) in [5.74, 6) is -1.15. The molecule has 5 aromatic rings. The average molecular weight is 740 g/mol. The van der Waals surface area contributed by atoms with Gasteiger partial charge in [-0.05, 0) is 99.4 Å². The zero-order valence-electron chi connectivity index (χ0n) is 24.1. The number of anilines is 2. The number of halogens is 5. The maximum Gasteiger partial charge on any atom is 0.416 e. The van der Waals surface area contributed by atoms with Crippen LogP contribution in [-0.4, -0.2) is 24.1 Å². The molecule has 13 heteroatoms. The highest BCUT2D eigenvalue weighted by atomic mass is 79.9. The molecule has 2 aliphatic rings. The van der Waals surface area contributed by atoms with Crippen LogP contribution in [0.15, 0.2) is 113 Å². The van der Waals surface area contributed by atoms with E-state index in [1.54, 1.807) is 23.0 Å². The number of hydrogen-bond donors (Lipinski definition) is 2. The number of nitrogens with one attached hydrogen (secondary N) is 2. The number of allylic oxidation sites excluding steroid dienone is 1. The molecule has 0 radical (unpaired) electrons. The maximum atomic E-state index is 14.0. The van der Waals surface area contributed by atoms with Crippen LogP contribution in [0.3, 0.4) is 0 Å². The van der Waals surface area contributed by atoms with Crippen molar-refractivity contribution in [2.75, 3.05) is 10.0 Å². The first-order valence-electron chi connectivity index (χ1n) is 14.3. The molecule has 4 aromatic carbocycles. The molecular weight excluding hydrogens is 717 g/mol. The Balaban J connectivity index is 1.31. The fraction of sp³-hybridized carbons (Fsp3) is 0.118. The molecule has 7 rings (SSSR count). The largest absolute Gasteiger partial charge is 0.416 e. The molecule has 0 fully saturated rings.